The van der Waals surface area contributed by atoms with Crippen LogP contribution in [0.5, 0.6) is 0 Å². The second-order valence-corrected chi connectivity index (χ2v) is 9.26. The molecule has 0 bridgehead atoms. The van der Waals surface area contributed by atoms with E-state index in [0.29, 0.717) is 5.69 Å². The maximum atomic E-state index is 12.5. The fraction of sp³-hybridized carbons (Fsp3) is 0.375. The van der Waals surface area contributed by atoms with Gasteiger partial charge in [-0.3, -0.25) is 14.6 Å². The number of anilines is 1. The number of hydrogen-bond donors (Lipinski definition) is 2. The second kappa shape index (κ2) is 9.01. The van der Waals surface area contributed by atoms with Crippen LogP contribution < -0.4 is 10.6 Å². The molecule has 2 aromatic rings. The Kier molecular flexibility index (Phi) is 6.35. The number of amides is 1. The molecule has 1 saturated carbocycles. The Balaban J connectivity index is 1.35. The van der Waals surface area contributed by atoms with Crippen molar-refractivity contribution in [2.45, 2.75) is 51.5 Å². The Bertz CT molecular complexity index is 1010. The molecule has 0 unspecified atom stereocenters. The summed E-state index contributed by atoms with van der Waals surface area (Å²) in [5.41, 5.74) is 2.88. The van der Waals surface area contributed by atoms with Crippen molar-refractivity contribution < 1.29 is 9.59 Å². The lowest BCUT2D eigenvalue weighted by Gasteiger charge is -2.44. The molecule has 0 radical (unpaired) electrons. The summed E-state index contributed by atoms with van der Waals surface area (Å²) < 4.78 is 0. The van der Waals surface area contributed by atoms with E-state index in [1.54, 1.807) is 6.08 Å². The average Bonchev–Trinajstić information content (AvgIpc) is 2.75. The Morgan fingerprint density at radius 1 is 1.10 bits per heavy atom. The first-order valence-electron chi connectivity index (χ1n) is 10.6. The van der Waals surface area contributed by atoms with Crippen LogP contribution in [-0.4, -0.2) is 22.7 Å². The molecule has 0 aliphatic heterocycles. The van der Waals surface area contributed by atoms with Gasteiger partial charge in [0.15, 0.2) is 5.78 Å². The molecular formula is C24H25Cl2N3O2. The summed E-state index contributed by atoms with van der Waals surface area (Å²) in [5.74, 6) is -0.0871. The van der Waals surface area contributed by atoms with Crippen molar-refractivity contribution in [1.29, 1.82) is 0 Å². The minimum Gasteiger partial charge on any atom is -0.385 e. The van der Waals surface area contributed by atoms with E-state index in [0.717, 1.165) is 43.4 Å². The van der Waals surface area contributed by atoms with Crippen molar-refractivity contribution >= 4 is 40.6 Å². The van der Waals surface area contributed by atoms with E-state index < -0.39 is 0 Å². The van der Waals surface area contributed by atoms with Gasteiger partial charge in [0.1, 0.15) is 0 Å². The van der Waals surface area contributed by atoms with Gasteiger partial charge in [-0.1, -0.05) is 54.6 Å². The molecule has 0 saturated heterocycles. The Hall–Kier alpha value is -2.37. The van der Waals surface area contributed by atoms with Gasteiger partial charge in [0.25, 0.3) is 5.91 Å². The highest BCUT2D eigenvalue weighted by Crippen LogP contribution is 2.48. The summed E-state index contributed by atoms with van der Waals surface area (Å²) in [6.07, 6.45) is 10.8. The van der Waals surface area contributed by atoms with Gasteiger partial charge in [0.2, 0.25) is 0 Å². The third-order valence-corrected chi connectivity index (χ3v) is 6.78. The number of benzene rings is 1. The molecule has 1 aromatic heterocycles. The molecule has 1 atom stereocenters. The first-order chi connectivity index (χ1) is 14.9. The zero-order valence-electron chi connectivity index (χ0n) is 17.4. The first kappa shape index (κ1) is 21.8. The maximum absolute atomic E-state index is 12.5. The van der Waals surface area contributed by atoms with Crippen LogP contribution in [0.4, 0.5) is 5.69 Å². The van der Waals surface area contributed by atoms with E-state index in [-0.39, 0.29) is 38.8 Å². The lowest BCUT2D eigenvalue weighted by molar-refractivity contribution is -0.126. The molecule has 1 aromatic carbocycles. The summed E-state index contributed by atoms with van der Waals surface area (Å²) in [6, 6.07) is 7.89. The van der Waals surface area contributed by atoms with Crippen LogP contribution in [0.2, 0.25) is 10.0 Å². The summed E-state index contributed by atoms with van der Waals surface area (Å²) in [4.78, 5) is 28.6. The van der Waals surface area contributed by atoms with Gasteiger partial charge >= 0.3 is 0 Å². The molecule has 4 rings (SSSR count). The number of hydrogen-bond acceptors (Lipinski definition) is 4. The van der Waals surface area contributed by atoms with Gasteiger partial charge in [0, 0.05) is 35.9 Å². The first-order valence-corrected chi connectivity index (χ1v) is 11.4. The van der Waals surface area contributed by atoms with E-state index in [9.17, 15) is 9.59 Å². The van der Waals surface area contributed by atoms with Gasteiger partial charge in [-0.15, -0.1) is 0 Å². The highest BCUT2D eigenvalue weighted by atomic mass is 35.5. The largest absolute Gasteiger partial charge is 0.385 e. The van der Waals surface area contributed by atoms with Crippen LogP contribution in [0.3, 0.4) is 0 Å². The van der Waals surface area contributed by atoms with Crippen LogP contribution in [0.15, 0.2) is 48.4 Å². The van der Waals surface area contributed by atoms with E-state index in [1.807, 2.05) is 24.3 Å². The molecule has 31 heavy (non-hydrogen) atoms. The van der Waals surface area contributed by atoms with Gasteiger partial charge < -0.3 is 10.6 Å². The van der Waals surface area contributed by atoms with E-state index in [1.165, 1.54) is 18.8 Å². The highest BCUT2D eigenvalue weighted by Gasteiger charge is 2.48. The monoisotopic (exact) mass is 457 g/mol. The molecule has 2 aliphatic carbocycles. The van der Waals surface area contributed by atoms with Crippen LogP contribution in [0.25, 0.3) is 0 Å². The van der Waals surface area contributed by atoms with E-state index in [4.69, 9.17) is 23.2 Å². The highest BCUT2D eigenvalue weighted by molar-refractivity contribution is 6.40. The predicted octanol–water partition coefficient (Wildman–Crippen LogP) is 5.58. The SMILES string of the molecule is C[C@@H](Cc1ccc(NC(=O)c2c(Cl)cncc2Cl)cc1)NC1=CC(=O)C12CCCCC2. The van der Waals surface area contributed by atoms with E-state index in [2.05, 4.69) is 22.5 Å². The van der Waals surface area contributed by atoms with Gasteiger partial charge in [-0.2, -0.15) is 0 Å². The van der Waals surface area contributed by atoms with Crippen LogP contribution in [0, 0.1) is 5.41 Å². The number of carbonyl (C=O) groups excluding carboxylic acids is 2. The van der Waals surface area contributed by atoms with Gasteiger partial charge in [-0.25, -0.2) is 0 Å². The number of pyridine rings is 1. The summed E-state index contributed by atoms with van der Waals surface area (Å²) in [6.45, 7) is 2.13. The summed E-state index contributed by atoms with van der Waals surface area (Å²) >= 11 is 12.1. The number of aromatic nitrogens is 1. The number of nitrogens with zero attached hydrogens (tertiary/aromatic N) is 1. The topological polar surface area (TPSA) is 71.1 Å². The van der Waals surface area contributed by atoms with Crippen molar-refractivity contribution in [2.75, 3.05) is 5.32 Å². The molecule has 7 heteroatoms. The minimum absolute atomic E-state index is 0.202. The minimum atomic E-state index is -0.375. The second-order valence-electron chi connectivity index (χ2n) is 8.44. The van der Waals surface area contributed by atoms with Crippen LogP contribution in [-0.2, 0) is 11.2 Å². The molecule has 1 spiro atoms. The molecular weight excluding hydrogens is 433 g/mol. The predicted molar refractivity (Wildman–Crippen MR) is 124 cm³/mol. The molecule has 2 N–H and O–H groups in total. The normalized spacial score (nSPS) is 18.2. The Morgan fingerprint density at radius 3 is 2.35 bits per heavy atom. The van der Waals surface area contributed by atoms with Crippen LogP contribution >= 0.6 is 23.2 Å². The molecule has 1 fully saturated rings. The molecule has 1 heterocycles. The zero-order valence-corrected chi connectivity index (χ0v) is 18.9. The van der Waals surface area contributed by atoms with Gasteiger partial charge in [0.05, 0.1) is 21.0 Å². The number of ketones is 1. The van der Waals surface area contributed by atoms with Crippen molar-refractivity contribution in [1.82, 2.24) is 10.3 Å². The van der Waals surface area contributed by atoms with E-state index >= 15 is 0 Å². The van der Waals surface area contributed by atoms with Crippen LogP contribution in [0.1, 0.15) is 54.9 Å². The van der Waals surface area contributed by atoms with Crippen molar-refractivity contribution in [3.63, 3.8) is 0 Å². The quantitative estimate of drug-likeness (QED) is 0.593. The molecule has 5 nitrogen and oxygen atoms in total. The number of allylic oxidation sites excluding steroid dienone is 2. The average molecular weight is 458 g/mol. The fourth-order valence-corrected chi connectivity index (χ4v) is 5.07. The van der Waals surface area contributed by atoms with Crippen molar-refractivity contribution in [3.8, 4) is 0 Å². The lowest BCUT2D eigenvalue weighted by atomic mass is 9.62. The smallest absolute Gasteiger partial charge is 0.258 e. The zero-order chi connectivity index (χ0) is 22.0. The number of carbonyl (C=O) groups is 2. The molecule has 162 valence electrons. The molecule has 1 amide bonds. The van der Waals surface area contributed by atoms with Gasteiger partial charge in [-0.05, 0) is 43.9 Å². The standard InChI is InChI=1S/C24H25Cl2N3O2/c1-15(28-20-12-21(30)24(20)9-3-2-4-10-24)11-16-5-7-17(8-6-16)29-23(31)22-18(25)13-27-14-19(22)26/h5-8,12-15,28H,2-4,9-11H2,1H3,(H,29,31)/t15-/m0/s1. The summed E-state index contributed by atoms with van der Waals surface area (Å²) in [7, 11) is 0. The maximum Gasteiger partial charge on any atom is 0.258 e. The lowest BCUT2D eigenvalue weighted by Crippen LogP contribution is -2.49. The molecule has 2 aliphatic rings. The third-order valence-electron chi connectivity index (χ3n) is 6.21. The fourth-order valence-electron chi connectivity index (χ4n) is 4.53. The number of rotatable bonds is 6. The number of halogens is 2. The number of nitrogens with one attached hydrogen (secondary N) is 2. The Labute approximate surface area is 192 Å². The van der Waals surface area contributed by atoms with Crippen molar-refractivity contribution in [2.24, 2.45) is 5.41 Å². The summed E-state index contributed by atoms with van der Waals surface area (Å²) in [5, 5.41) is 6.81. The van der Waals surface area contributed by atoms with Crippen molar-refractivity contribution in [3.05, 3.63) is 69.6 Å². The Morgan fingerprint density at radius 2 is 1.74 bits per heavy atom. The third kappa shape index (κ3) is 4.48.